The molecule has 11 aromatic rings. The van der Waals surface area contributed by atoms with Crippen LogP contribution in [0.4, 0.5) is 17.1 Å². The number of rotatable bonds is 5. The highest BCUT2D eigenvalue weighted by Crippen LogP contribution is 2.50. The van der Waals surface area contributed by atoms with Gasteiger partial charge in [0.15, 0.2) is 0 Å². The molecule has 0 saturated carbocycles. The van der Waals surface area contributed by atoms with Gasteiger partial charge in [0, 0.05) is 70.4 Å². The molecule has 0 spiro atoms. The summed E-state index contributed by atoms with van der Waals surface area (Å²) in [6.07, 6.45) is 0. The summed E-state index contributed by atoms with van der Waals surface area (Å²) in [5.41, 5.74) is 10.8. The average molecular weight is 683 g/mol. The summed E-state index contributed by atoms with van der Waals surface area (Å²) in [4.78, 5) is 2.38. The normalized spacial score (nSPS) is 11.8. The van der Waals surface area contributed by atoms with Crippen molar-refractivity contribution in [2.75, 3.05) is 4.90 Å². The molecule has 0 saturated heterocycles. The van der Waals surface area contributed by atoms with E-state index >= 15 is 0 Å². The van der Waals surface area contributed by atoms with Gasteiger partial charge >= 0.3 is 0 Å². The lowest BCUT2D eigenvalue weighted by Gasteiger charge is -2.27. The minimum absolute atomic E-state index is 0.879. The van der Waals surface area contributed by atoms with Crippen LogP contribution in [0.2, 0.25) is 0 Å². The van der Waals surface area contributed by atoms with E-state index < -0.39 is 0 Å². The first-order valence-electron chi connectivity index (χ1n) is 17.6. The minimum atomic E-state index is 0.879. The zero-order valence-electron chi connectivity index (χ0n) is 28.0. The smallest absolute Gasteiger partial charge is 0.138 e. The highest BCUT2D eigenvalue weighted by molar-refractivity contribution is 7.25. The first-order valence-corrected chi connectivity index (χ1v) is 18.4. The Kier molecular flexibility index (Phi) is 6.42. The van der Waals surface area contributed by atoms with Gasteiger partial charge in [-0.25, -0.2) is 0 Å². The van der Waals surface area contributed by atoms with Gasteiger partial charge in [0.1, 0.15) is 11.2 Å². The topological polar surface area (TPSA) is 21.3 Å². The Morgan fingerprint density at radius 3 is 1.87 bits per heavy atom. The van der Waals surface area contributed by atoms with Crippen LogP contribution in [-0.4, -0.2) is 4.57 Å². The molecule has 3 nitrogen and oxygen atoms in total. The van der Waals surface area contributed by atoms with Gasteiger partial charge in [-0.1, -0.05) is 115 Å². The van der Waals surface area contributed by atoms with Crippen LogP contribution in [0.5, 0.6) is 0 Å². The average Bonchev–Trinajstić information content (AvgIpc) is 3.88. The maximum Gasteiger partial charge on any atom is 0.138 e. The number of anilines is 3. The first kappa shape index (κ1) is 29.1. The fourth-order valence-electron chi connectivity index (χ4n) is 8.19. The SMILES string of the molecule is c1ccc(N(c2ccccc2)c2cccc3c4c(-c5ccc6c(c5)sc5ccccc56)c5c(cc4n(-c4ccccc4)c23)oc2ccccc25)cc1. The number of benzene rings is 8. The molecule has 8 aromatic carbocycles. The largest absolute Gasteiger partial charge is 0.456 e. The van der Waals surface area contributed by atoms with Crippen molar-refractivity contribution in [1.29, 1.82) is 0 Å². The second-order valence-corrected chi connectivity index (χ2v) is 14.4. The molecule has 52 heavy (non-hydrogen) atoms. The third-order valence-electron chi connectivity index (χ3n) is 10.3. The lowest BCUT2D eigenvalue weighted by atomic mass is 9.93. The van der Waals surface area contributed by atoms with Crippen molar-refractivity contribution in [2.24, 2.45) is 0 Å². The van der Waals surface area contributed by atoms with Crippen LogP contribution in [0.25, 0.3) is 80.7 Å². The van der Waals surface area contributed by atoms with E-state index in [1.807, 2.05) is 11.3 Å². The van der Waals surface area contributed by atoms with E-state index in [4.69, 9.17) is 4.42 Å². The summed E-state index contributed by atoms with van der Waals surface area (Å²) in [5.74, 6) is 0. The van der Waals surface area contributed by atoms with Gasteiger partial charge < -0.3 is 13.9 Å². The molecular formula is C48H30N2OS. The molecule has 11 rings (SSSR count). The Hall–Kier alpha value is -6.62. The Morgan fingerprint density at radius 2 is 1.10 bits per heavy atom. The molecule has 244 valence electrons. The van der Waals surface area contributed by atoms with E-state index in [9.17, 15) is 0 Å². The third kappa shape index (κ3) is 4.31. The van der Waals surface area contributed by atoms with Gasteiger partial charge in [-0.15, -0.1) is 11.3 Å². The number of hydrogen-bond donors (Lipinski definition) is 0. The summed E-state index contributed by atoms with van der Waals surface area (Å²) in [6, 6.07) is 65.3. The molecule has 0 aliphatic rings. The maximum absolute atomic E-state index is 6.74. The molecule has 0 radical (unpaired) electrons. The number of thiophene rings is 1. The van der Waals surface area contributed by atoms with Crippen molar-refractivity contribution in [1.82, 2.24) is 4.57 Å². The molecule has 0 amide bonds. The van der Waals surface area contributed by atoms with Gasteiger partial charge in [-0.3, -0.25) is 0 Å². The lowest BCUT2D eigenvalue weighted by molar-refractivity contribution is 0.669. The Bertz CT molecular complexity index is 3080. The zero-order valence-corrected chi connectivity index (χ0v) is 28.8. The number of furan rings is 1. The van der Waals surface area contributed by atoms with E-state index in [1.165, 1.54) is 42.1 Å². The maximum atomic E-state index is 6.74. The number of para-hydroxylation sites is 5. The van der Waals surface area contributed by atoms with Crippen LogP contribution in [0.15, 0.2) is 186 Å². The zero-order chi connectivity index (χ0) is 34.2. The molecule has 0 aliphatic heterocycles. The Morgan fingerprint density at radius 1 is 0.462 bits per heavy atom. The minimum Gasteiger partial charge on any atom is -0.456 e. The van der Waals surface area contributed by atoms with Gasteiger partial charge in [-0.2, -0.15) is 0 Å². The van der Waals surface area contributed by atoms with Crippen LogP contribution in [0, 0.1) is 0 Å². The molecule has 3 aromatic heterocycles. The lowest BCUT2D eigenvalue weighted by Crippen LogP contribution is -2.11. The van der Waals surface area contributed by atoms with Crippen molar-refractivity contribution in [2.45, 2.75) is 0 Å². The van der Waals surface area contributed by atoms with E-state index in [-0.39, 0.29) is 0 Å². The molecule has 0 fully saturated rings. The Labute approximate surface area is 303 Å². The van der Waals surface area contributed by atoms with Crippen molar-refractivity contribution in [3.8, 4) is 16.8 Å². The van der Waals surface area contributed by atoms with E-state index in [1.54, 1.807) is 0 Å². The van der Waals surface area contributed by atoms with Crippen LogP contribution >= 0.6 is 11.3 Å². The summed E-state index contributed by atoms with van der Waals surface area (Å²) < 4.78 is 11.8. The van der Waals surface area contributed by atoms with Crippen molar-refractivity contribution >= 4 is 92.3 Å². The van der Waals surface area contributed by atoms with Crippen LogP contribution in [0.3, 0.4) is 0 Å². The predicted molar refractivity (Wildman–Crippen MR) is 221 cm³/mol. The number of nitrogens with zero attached hydrogens (tertiary/aromatic N) is 2. The van der Waals surface area contributed by atoms with Gasteiger partial charge in [0.05, 0.1) is 16.7 Å². The molecule has 4 heteroatoms. The molecule has 0 atom stereocenters. The van der Waals surface area contributed by atoms with Gasteiger partial charge in [0.25, 0.3) is 0 Å². The summed E-state index contributed by atoms with van der Waals surface area (Å²) >= 11 is 1.86. The molecule has 3 heterocycles. The monoisotopic (exact) mass is 682 g/mol. The summed E-state index contributed by atoms with van der Waals surface area (Å²) in [5, 5.41) is 7.26. The van der Waals surface area contributed by atoms with Crippen molar-refractivity contribution < 1.29 is 4.42 Å². The van der Waals surface area contributed by atoms with E-state index in [0.29, 0.717) is 0 Å². The van der Waals surface area contributed by atoms with Crippen LogP contribution in [0.1, 0.15) is 0 Å². The fraction of sp³-hybridized carbons (Fsp3) is 0. The number of aromatic nitrogens is 1. The predicted octanol–water partition coefficient (Wildman–Crippen LogP) is 14.2. The third-order valence-corrected chi connectivity index (χ3v) is 11.5. The van der Waals surface area contributed by atoms with E-state index in [0.717, 1.165) is 55.7 Å². The van der Waals surface area contributed by atoms with Gasteiger partial charge in [0.2, 0.25) is 0 Å². The van der Waals surface area contributed by atoms with Crippen LogP contribution < -0.4 is 4.90 Å². The summed E-state index contributed by atoms with van der Waals surface area (Å²) in [6.45, 7) is 0. The molecule has 0 N–H and O–H groups in total. The Balaban J connectivity index is 1.33. The highest BCUT2D eigenvalue weighted by atomic mass is 32.1. The highest BCUT2D eigenvalue weighted by Gasteiger charge is 2.26. The molecule has 0 aliphatic carbocycles. The quantitative estimate of drug-likeness (QED) is 0.180. The number of fused-ring (bicyclic) bond motifs is 9. The van der Waals surface area contributed by atoms with Gasteiger partial charge in [-0.05, 0) is 66.2 Å². The van der Waals surface area contributed by atoms with Crippen molar-refractivity contribution in [3.63, 3.8) is 0 Å². The fourth-order valence-corrected chi connectivity index (χ4v) is 9.33. The molecular weight excluding hydrogens is 653 g/mol. The van der Waals surface area contributed by atoms with E-state index in [2.05, 4.69) is 191 Å². The van der Waals surface area contributed by atoms with Crippen molar-refractivity contribution in [3.05, 3.63) is 182 Å². The second-order valence-electron chi connectivity index (χ2n) is 13.3. The first-order chi connectivity index (χ1) is 25.8. The molecule has 0 bridgehead atoms. The summed E-state index contributed by atoms with van der Waals surface area (Å²) in [7, 11) is 0. The molecule has 0 unspecified atom stereocenters. The second kappa shape index (κ2) is 11.5. The standard InChI is InChI=1S/C48H30N2OS/c1-4-15-32(16-5-1)49(33-17-6-2-7-18-33)39-24-14-23-38-46-40(50(48(38)39)34-19-8-3-9-20-34)30-42-47(37-22-10-12-25-41(37)51-42)45(46)31-27-28-36-35-21-11-13-26-43(35)52-44(36)29-31/h1-30H. The number of hydrogen-bond acceptors (Lipinski definition) is 3. The van der Waals surface area contributed by atoms with Crippen LogP contribution in [-0.2, 0) is 0 Å².